The Morgan fingerprint density at radius 3 is 2.60 bits per heavy atom. The molecule has 2 rings (SSSR count). The predicted molar refractivity (Wildman–Crippen MR) is 77.9 cm³/mol. The third-order valence-corrected chi connectivity index (χ3v) is 4.25. The van der Waals surface area contributed by atoms with Crippen LogP contribution in [0.5, 0.6) is 0 Å². The number of imide groups is 1. The molecule has 1 fully saturated rings. The summed E-state index contributed by atoms with van der Waals surface area (Å²) in [5.74, 6) is -0.715. The lowest BCUT2D eigenvalue weighted by molar-refractivity contribution is -0.115. The number of carbonyl (C=O) groups is 3. The van der Waals surface area contributed by atoms with Gasteiger partial charge in [0.05, 0.1) is 9.08 Å². The maximum Gasteiger partial charge on any atom is 0.326 e. The van der Waals surface area contributed by atoms with Crippen LogP contribution in [0, 0.1) is 0 Å². The highest BCUT2D eigenvalue weighted by Crippen LogP contribution is 2.22. The molecule has 20 heavy (non-hydrogen) atoms. The Labute approximate surface area is 130 Å². The van der Waals surface area contributed by atoms with Crippen molar-refractivity contribution < 1.29 is 14.4 Å². The van der Waals surface area contributed by atoms with Gasteiger partial charge in [-0.25, -0.2) is 4.79 Å². The molecule has 4 N–H and O–H groups in total. The third kappa shape index (κ3) is 3.48. The molecule has 1 saturated heterocycles. The standard InChI is InChI=1S/C11H10Br2N4O3/c12-5-4-7(15-8(5)13)9(18)14-3-1-2-6-10(19)17-11(20)16-6/h2,4,15H,1,3H2,(H,14,18)(H2,16,17,19,20). The van der Waals surface area contributed by atoms with Gasteiger partial charge in [0.1, 0.15) is 11.4 Å². The van der Waals surface area contributed by atoms with E-state index >= 15 is 0 Å². The molecular formula is C11H10Br2N4O3. The Kier molecular flexibility index (Phi) is 4.61. The highest BCUT2D eigenvalue weighted by molar-refractivity contribution is 9.13. The zero-order valence-electron chi connectivity index (χ0n) is 10.0. The molecule has 0 atom stereocenters. The lowest BCUT2D eigenvalue weighted by Crippen LogP contribution is -2.24. The van der Waals surface area contributed by atoms with Crippen molar-refractivity contribution in [3.05, 3.63) is 32.6 Å². The van der Waals surface area contributed by atoms with Gasteiger partial charge in [-0.3, -0.25) is 14.9 Å². The lowest BCUT2D eigenvalue weighted by Gasteiger charge is -2.01. The van der Waals surface area contributed by atoms with E-state index in [1.165, 1.54) is 0 Å². The SMILES string of the molecule is O=C1NC(=O)C(=CCCNC(=O)c2cc(Br)c(Br)[nH]2)N1. The van der Waals surface area contributed by atoms with E-state index in [-0.39, 0.29) is 11.6 Å². The minimum Gasteiger partial charge on any atom is -0.350 e. The number of urea groups is 1. The first-order valence-electron chi connectivity index (χ1n) is 5.62. The number of aromatic amines is 1. The van der Waals surface area contributed by atoms with Gasteiger partial charge in [-0.05, 0) is 44.3 Å². The molecule has 0 bridgehead atoms. The van der Waals surface area contributed by atoms with Crippen LogP contribution in [0.25, 0.3) is 0 Å². The molecule has 1 aromatic rings. The summed E-state index contributed by atoms with van der Waals surface area (Å²) in [5.41, 5.74) is 0.623. The zero-order valence-corrected chi connectivity index (χ0v) is 13.2. The number of H-pyrrole nitrogens is 1. The summed E-state index contributed by atoms with van der Waals surface area (Å²) in [5, 5.41) is 7.14. The van der Waals surface area contributed by atoms with Gasteiger partial charge in [0.2, 0.25) is 0 Å². The van der Waals surface area contributed by atoms with Crippen LogP contribution in [-0.4, -0.2) is 29.4 Å². The molecule has 4 amide bonds. The first-order valence-corrected chi connectivity index (χ1v) is 7.20. The second kappa shape index (κ2) is 6.23. The number of carbonyl (C=O) groups excluding carboxylic acids is 3. The van der Waals surface area contributed by atoms with Gasteiger partial charge in [-0.15, -0.1) is 0 Å². The molecule has 1 aliphatic heterocycles. The molecule has 0 aromatic carbocycles. The van der Waals surface area contributed by atoms with Crippen LogP contribution in [0.4, 0.5) is 4.79 Å². The predicted octanol–water partition coefficient (Wildman–Crippen LogP) is 1.38. The lowest BCUT2D eigenvalue weighted by atomic mass is 10.3. The Balaban J connectivity index is 1.81. The number of rotatable bonds is 4. The van der Waals surface area contributed by atoms with Crippen molar-refractivity contribution in [3.8, 4) is 0 Å². The van der Waals surface area contributed by atoms with Crippen LogP contribution in [-0.2, 0) is 4.79 Å². The summed E-state index contributed by atoms with van der Waals surface area (Å²) in [6, 6.07) is 1.12. The Morgan fingerprint density at radius 2 is 2.05 bits per heavy atom. The molecule has 0 unspecified atom stereocenters. The molecule has 9 heteroatoms. The molecule has 0 radical (unpaired) electrons. The summed E-state index contributed by atoms with van der Waals surface area (Å²) in [6.07, 6.45) is 1.98. The second-order valence-corrected chi connectivity index (χ2v) is 5.56. The van der Waals surface area contributed by atoms with Gasteiger partial charge < -0.3 is 15.6 Å². The molecule has 0 saturated carbocycles. The van der Waals surface area contributed by atoms with Crippen molar-refractivity contribution in [2.75, 3.05) is 6.54 Å². The fourth-order valence-electron chi connectivity index (χ4n) is 1.55. The average molecular weight is 406 g/mol. The number of aromatic nitrogens is 1. The summed E-state index contributed by atoms with van der Waals surface area (Å²) < 4.78 is 1.45. The minimum atomic E-state index is -0.536. The fraction of sp³-hybridized carbons (Fsp3) is 0.182. The van der Waals surface area contributed by atoms with E-state index in [9.17, 15) is 14.4 Å². The molecule has 106 valence electrons. The van der Waals surface area contributed by atoms with Crippen molar-refractivity contribution in [2.45, 2.75) is 6.42 Å². The van der Waals surface area contributed by atoms with E-state index in [1.807, 2.05) is 0 Å². The number of hydrogen-bond donors (Lipinski definition) is 4. The summed E-state index contributed by atoms with van der Waals surface area (Å²) >= 11 is 6.52. The number of halogens is 2. The molecule has 7 nitrogen and oxygen atoms in total. The first kappa shape index (κ1) is 14.8. The van der Waals surface area contributed by atoms with Gasteiger partial charge in [0.15, 0.2) is 0 Å². The van der Waals surface area contributed by atoms with Crippen LogP contribution < -0.4 is 16.0 Å². The largest absolute Gasteiger partial charge is 0.350 e. The highest BCUT2D eigenvalue weighted by atomic mass is 79.9. The van der Waals surface area contributed by atoms with E-state index in [1.54, 1.807) is 12.1 Å². The minimum absolute atomic E-state index is 0.203. The fourth-order valence-corrected chi connectivity index (χ4v) is 2.20. The third-order valence-electron chi connectivity index (χ3n) is 2.47. The first-order chi connectivity index (χ1) is 9.47. The van der Waals surface area contributed by atoms with Crippen LogP contribution >= 0.6 is 31.9 Å². The van der Waals surface area contributed by atoms with Crippen molar-refractivity contribution >= 4 is 49.7 Å². The van der Waals surface area contributed by atoms with Gasteiger partial charge in [0.25, 0.3) is 11.8 Å². The van der Waals surface area contributed by atoms with Gasteiger partial charge in [0, 0.05) is 6.54 Å². The average Bonchev–Trinajstić information content (AvgIpc) is 2.88. The molecule has 0 aliphatic carbocycles. The highest BCUT2D eigenvalue weighted by Gasteiger charge is 2.22. The molecule has 0 spiro atoms. The van der Waals surface area contributed by atoms with Gasteiger partial charge >= 0.3 is 6.03 Å². The van der Waals surface area contributed by atoms with E-state index < -0.39 is 11.9 Å². The number of nitrogens with one attached hydrogen (secondary N) is 4. The normalized spacial score (nSPS) is 16.2. The van der Waals surface area contributed by atoms with E-state index in [4.69, 9.17) is 0 Å². The van der Waals surface area contributed by atoms with Gasteiger partial charge in [-0.1, -0.05) is 6.08 Å². The van der Waals surface area contributed by atoms with E-state index in [0.717, 1.165) is 4.47 Å². The van der Waals surface area contributed by atoms with Crippen molar-refractivity contribution in [1.82, 2.24) is 20.9 Å². The summed E-state index contributed by atoms with van der Waals surface area (Å²) in [7, 11) is 0. The molecule has 1 aliphatic rings. The maximum atomic E-state index is 11.8. The maximum absolute atomic E-state index is 11.8. The van der Waals surface area contributed by atoms with E-state index in [2.05, 4.69) is 52.8 Å². The van der Waals surface area contributed by atoms with Crippen molar-refractivity contribution in [3.63, 3.8) is 0 Å². The zero-order chi connectivity index (χ0) is 14.7. The van der Waals surface area contributed by atoms with Crippen molar-refractivity contribution in [1.29, 1.82) is 0 Å². The van der Waals surface area contributed by atoms with Crippen LogP contribution in [0.3, 0.4) is 0 Å². The molecule has 1 aromatic heterocycles. The quantitative estimate of drug-likeness (QED) is 0.345. The van der Waals surface area contributed by atoms with Crippen LogP contribution in [0.15, 0.2) is 26.9 Å². The van der Waals surface area contributed by atoms with Gasteiger partial charge in [-0.2, -0.15) is 0 Å². The molecule has 2 heterocycles. The van der Waals surface area contributed by atoms with Crippen LogP contribution in [0.2, 0.25) is 0 Å². The number of amides is 4. The Morgan fingerprint density at radius 1 is 1.30 bits per heavy atom. The smallest absolute Gasteiger partial charge is 0.326 e. The van der Waals surface area contributed by atoms with E-state index in [0.29, 0.717) is 23.3 Å². The topological polar surface area (TPSA) is 103 Å². The summed E-state index contributed by atoms with van der Waals surface area (Å²) in [6.45, 7) is 0.347. The number of hydrogen-bond acceptors (Lipinski definition) is 3. The molecular weight excluding hydrogens is 396 g/mol. The Hall–Kier alpha value is -1.61. The second-order valence-electron chi connectivity index (χ2n) is 3.92. The summed E-state index contributed by atoms with van der Waals surface area (Å²) in [4.78, 5) is 36.7. The van der Waals surface area contributed by atoms with Crippen molar-refractivity contribution in [2.24, 2.45) is 0 Å². The monoisotopic (exact) mass is 404 g/mol. The Bertz CT molecular complexity index is 589. The van der Waals surface area contributed by atoms with Crippen LogP contribution in [0.1, 0.15) is 16.9 Å².